The average Bonchev–Trinajstić information content (AvgIpc) is 2.54. The van der Waals surface area contributed by atoms with E-state index in [-0.39, 0.29) is 0 Å². The molecule has 0 fully saturated rings. The molecule has 3 aromatic rings. The molecule has 110 valence electrons. The lowest BCUT2D eigenvalue weighted by Gasteiger charge is -2.08. The standard InChI is InChI=1S/C20H19NO/c1-15(2)14-22-18-9-7-16(8-10-18)13-20-19-6-4-3-5-17(19)11-12-21-20/h3-12H,1,13-14H2,2H3. The van der Waals surface area contributed by atoms with Crippen LogP contribution in [0.5, 0.6) is 5.75 Å². The van der Waals surface area contributed by atoms with Gasteiger partial charge >= 0.3 is 0 Å². The number of aromatic nitrogens is 1. The Morgan fingerprint density at radius 1 is 1.05 bits per heavy atom. The number of benzene rings is 2. The third-order valence-corrected chi connectivity index (χ3v) is 3.54. The Morgan fingerprint density at radius 2 is 1.82 bits per heavy atom. The lowest BCUT2D eigenvalue weighted by molar-refractivity contribution is 0.352. The van der Waals surface area contributed by atoms with E-state index in [1.807, 2.05) is 31.3 Å². The van der Waals surface area contributed by atoms with Gasteiger partial charge in [0, 0.05) is 18.0 Å². The maximum Gasteiger partial charge on any atom is 0.119 e. The van der Waals surface area contributed by atoms with Gasteiger partial charge in [0.25, 0.3) is 0 Å². The Bertz CT molecular complexity index is 785. The number of rotatable bonds is 5. The summed E-state index contributed by atoms with van der Waals surface area (Å²) in [5.41, 5.74) is 3.35. The quantitative estimate of drug-likeness (QED) is 0.631. The lowest BCUT2D eigenvalue weighted by Crippen LogP contribution is -1.98. The van der Waals surface area contributed by atoms with Crippen molar-refractivity contribution in [3.8, 4) is 5.75 Å². The Labute approximate surface area is 131 Å². The van der Waals surface area contributed by atoms with Crippen LogP contribution in [0, 0.1) is 0 Å². The molecule has 22 heavy (non-hydrogen) atoms. The molecule has 1 aromatic heterocycles. The first-order chi connectivity index (χ1) is 10.7. The Hall–Kier alpha value is -2.61. The topological polar surface area (TPSA) is 22.1 Å². The highest BCUT2D eigenvalue weighted by Crippen LogP contribution is 2.20. The van der Waals surface area contributed by atoms with Crippen molar-refractivity contribution in [2.75, 3.05) is 6.61 Å². The Balaban J connectivity index is 1.79. The SMILES string of the molecule is C=C(C)COc1ccc(Cc2nccc3ccccc23)cc1. The van der Waals surface area contributed by atoms with Crippen LogP contribution in [-0.4, -0.2) is 11.6 Å². The molecule has 0 N–H and O–H groups in total. The van der Waals surface area contributed by atoms with Crippen LogP contribution >= 0.6 is 0 Å². The first kappa shape index (κ1) is 14.3. The third kappa shape index (κ3) is 3.34. The van der Waals surface area contributed by atoms with Crippen molar-refractivity contribution < 1.29 is 4.74 Å². The largest absolute Gasteiger partial charge is 0.489 e. The normalized spacial score (nSPS) is 10.6. The first-order valence-corrected chi connectivity index (χ1v) is 7.41. The van der Waals surface area contributed by atoms with Crippen LogP contribution < -0.4 is 4.74 Å². The molecule has 3 rings (SSSR count). The summed E-state index contributed by atoms with van der Waals surface area (Å²) in [6.07, 6.45) is 2.70. The van der Waals surface area contributed by atoms with Gasteiger partial charge in [0.15, 0.2) is 0 Å². The van der Waals surface area contributed by atoms with Crippen LogP contribution in [0.25, 0.3) is 10.8 Å². The molecule has 0 spiro atoms. The maximum atomic E-state index is 5.63. The van der Waals surface area contributed by atoms with Crippen LogP contribution in [0.2, 0.25) is 0 Å². The molecule has 0 aliphatic heterocycles. The molecule has 0 bridgehead atoms. The van der Waals surface area contributed by atoms with Gasteiger partial charge in [0.1, 0.15) is 12.4 Å². The van der Waals surface area contributed by atoms with Crippen molar-refractivity contribution in [1.29, 1.82) is 0 Å². The monoisotopic (exact) mass is 289 g/mol. The van der Waals surface area contributed by atoms with E-state index in [9.17, 15) is 0 Å². The summed E-state index contributed by atoms with van der Waals surface area (Å²) >= 11 is 0. The van der Waals surface area contributed by atoms with Crippen molar-refractivity contribution >= 4 is 10.8 Å². The molecule has 2 aromatic carbocycles. The maximum absolute atomic E-state index is 5.63. The van der Waals surface area contributed by atoms with E-state index >= 15 is 0 Å². The molecule has 0 atom stereocenters. The number of fused-ring (bicyclic) bond motifs is 1. The van der Waals surface area contributed by atoms with Crippen molar-refractivity contribution in [3.63, 3.8) is 0 Å². The molecule has 2 heteroatoms. The zero-order chi connectivity index (χ0) is 15.4. The second-order valence-electron chi connectivity index (χ2n) is 5.55. The number of ether oxygens (including phenoxy) is 1. The molecule has 0 aliphatic carbocycles. The second-order valence-corrected chi connectivity index (χ2v) is 5.55. The summed E-state index contributed by atoms with van der Waals surface area (Å²) in [7, 11) is 0. The summed E-state index contributed by atoms with van der Waals surface area (Å²) in [6.45, 7) is 6.36. The molecule has 0 unspecified atom stereocenters. The molecule has 0 amide bonds. The predicted octanol–water partition coefficient (Wildman–Crippen LogP) is 4.78. The van der Waals surface area contributed by atoms with Gasteiger partial charge in [-0.3, -0.25) is 4.98 Å². The summed E-state index contributed by atoms with van der Waals surface area (Å²) in [5, 5.41) is 2.45. The van der Waals surface area contributed by atoms with Crippen LogP contribution in [0.1, 0.15) is 18.2 Å². The van der Waals surface area contributed by atoms with Gasteiger partial charge in [0.2, 0.25) is 0 Å². The highest BCUT2D eigenvalue weighted by Gasteiger charge is 2.04. The van der Waals surface area contributed by atoms with E-state index in [2.05, 4.69) is 48.0 Å². The molecule has 0 radical (unpaired) electrons. The van der Waals surface area contributed by atoms with Gasteiger partial charge in [0.05, 0.1) is 5.69 Å². The van der Waals surface area contributed by atoms with Crippen molar-refractivity contribution in [3.05, 3.63) is 84.2 Å². The van der Waals surface area contributed by atoms with E-state index in [1.165, 1.54) is 16.3 Å². The summed E-state index contributed by atoms with van der Waals surface area (Å²) in [4.78, 5) is 4.54. The fraction of sp³-hybridized carbons (Fsp3) is 0.150. The third-order valence-electron chi connectivity index (χ3n) is 3.54. The molecule has 0 saturated heterocycles. The summed E-state index contributed by atoms with van der Waals surface area (Å²) < 4.78 is 5.63. The van der Waals surface area contributed by atoms with Crippen LogP contribution in [0.3, 0.4) is 0 Å². The molecular weight excluding hydrogens is 270 g/mol. The fourth-order valence-corrected chi connectivity index (χ4v) is 2.43. The van der Waals surface area contributed by atoms with E-state index < -0.39 is 0 Å². The highest BCUT2D eigenvalue weighted by atomic mass is 16.5. The molecule has 0 aliphatic rings. The second kappa shape index (κ2) is 6.44. The highest BCUT2D eigenvalue weighted by molar-refractivity contribution is 5.84. The smallest absolute Gasteiger partial charge is 0.119 e. The van der Waals surface area contributed by atoms with Gasteiger partial charge in [-0.2, -0.15) is 0 Å². The number of hydrogen-bond acceptors (Lipinski definition) is 2. The average molecular weight is 289 g/mol. The van der Waals surface area contributed by atoms with Gasteiger partial charge in [-0.15, -0.1) is 0 Å². The van der Waals surface area contributed by atoms with Crippen molar-refractivity contribution in [1.82, 2.24) is 4.98 Å². The number of pyridine rings is 1. The minimum atomic E-state index is 0.560. The van der Waals surface area contributed by atoms with E-state index in [0.29, 0.717) is 6.61 Å². The molecule has 2 nitrogen and oxygen atoms in total. The number of nitrogens with zero attached hydrogens (tertiary/aromatic N) is 1. The Kier molecular flexibility index (Phi) is 4.19. The zero-order valence-corrected chi connectivity index (χ0v) is 12.8. The van der Waals surface area contributed by atoms with Gasteiger partial charge in [-0.25, -0.2) is 0 Å². The van der Waals surface area contributed by atoms with Gasteiger partial charge in [-0.1, -0.05) is 43.0 Å². The van der Waals surface area contributed by atoms with Crippen LogP contribution in [-0.2, 0) is 6.42 Å². The lowest BCUT2D eigenvalue weighted by atomic mass is 10.0. The predicted molar refractivity (Wildman–Crippen MR) is 91.3 cm³/mol. The Morgan fingerprint density at radius 3 is 2.59 bits per heavy atom. The van der Waals surface area contributed by atoms with E-state index in [0.717, 1.165) is 23.4 Å². The van der Waals surface area contributed by atoms with Crippen LogP contribution in [0.4, 0.5) is 0 Å². The number of hydrogen-bond donors (Lipinski definition) is 0. The fourth-order valence-electron chi connectivity index (χ4n) is 2.43. The minimum Gasteiger partial charge on any atom is -0.489 e. The van der Waals surface area contributed by atoms with E-state index in [4.69, 9.17) is 4.74 Å². The van der Waals surface area contributed by atoms with E-state index in [1.54, 1.807) is 0 Å². The van der Waals surface area contributed by atoms with Crippen LogP contribution in [0.15, 0.2) is 72.9 Å². The first-order valence-electron chi connectivity index (χ1n) is 7.41. The minimum absolute atomic E-state index is 0.560. The van der Waals surface area contributed by atoms with Crippen molar-refractivity contribution in [2.24, 2.45) is 0 Å². The van der Waals surface area contributed by atoms with Gasteiger partial charge in [-0.05, 0) is 41.6 Å². The van der Waals surface area contributed by atoms with Crippen molar-refractivity contribution in [2.45, 2.75) is 13.3 Å². The van der Waals surface area contributed by atoms with Gasteiger partial charge < -0.3 is 4.74 Å². The molecule has 1 heterocycles. The molecular formula is C20H19NO. The zero-order valence-electron chi connectivity index (χ0n) is 12.8. The summed E-state index contributed by atoms with van der Waals surface area (Å²) in [6, 6.07) is 18.6. The molecule has 0 saturated carbocycles. The summed E-state index contributed by atoms with van der Waals surface area (Å²) in [5.74, 6) is 0.873.